The molecule has 0 aliphatic carbocycles. The molecule has 0 aromatic heterocycles. The molecule has 0 aromatic carbocycles. The van der Waals surface area contributed by atoms with Gasteiger partial charge in [0.25, 0.3) is 0 Å². The first kappa shape index (κ1) is 6.62. The Morgan fingerprint density at radius 2 is 2.44 bits per heavy atom. The molecule has 52 valence electrons. The zero-order valence-electron chi connectivity index (χ0n) is 6.15. The van der Waals surface area contributed by atoms with Gasteiger partial charge in [-0.1, -0.05) is 6.08 Å². The van der Waals surface area contributed by atoms with E-state index in [1.54, 1.807) is 0 Å². The minimum atomic E-state index is 1.13. The second kappa shape index (κ2) is 2.87. The fraction of sp³-hybridized carbons (Fsp3) is 0.714. The van der Waals surface area contributed by atoms with Crippen molar-refractivity contribution < 1.29 is 0 Å². The minimum absolute atomic E-state index is 1.13. The van der Waals surface area contributed by atoms with Crippen molar-refractivity contribution in [3.63, 3.8) is 0 Å². The molecule has 0 radical (unpaired) electrons. The predicted octanol–water partition coefficient (Wildman–Crippen LogP) is 1.12. The first-order valence-electron chi connectivity index (χ1n) is 3.48. The van der Waals surface area contributed by atoms with Crippen molar-refractivity contribution in [2.24, 2.45) is 0 Å². The van der Waals surface area contributed by atoms with Crippen LogP contribution in [-0.4, -0.2) is 18.1 Å². The third-order valence-electron chi connectivity index (χ3n) is 1.70. The van der Waals surface area contributed by atoms with Crippen molar-refractivity contribution in [1.82, 2.24) is 10.4 Å². The van der Waals surface area contributed by atoms with Crippen molar-refractivity contribution in [3.05, 3.63) is 11.8 Å². The molecule has 1 heterocycles. The molecule has 0 unspecified atom stereocenters. The first-order valence-corrected chi connectivity index (χ1v) is 3.48. The minimum Gasteiger partial charge on any atom is -0.313 e. The summed E-state index contributed by atoms with van der Waals surface area (Å²) in [4.78, 5) is 0. The lowest BCUT2D eigenvalue weighted by atomic mass is 10.4. The predicted molar refractivity (Wildman–Crippen MR) is 38.8 cm³/mol. The summed E-state index contributed by atoms with van der Waals surface area (Å²) in [5.74, 6) is 0. The van der Waals surface area contributed by atoms with E-state index in [1.807, 2.05) is 0 Å². The lowest BCUT2D eigenvalue weighted by Gasteiger charge is -2.17. The van der Waals surface area contributed by atoms with E-state index in [0.717, 1.165) is 13.1 Å². The Kier molecular flexibility index (Phi) is 2.11. The molecule has 2 heteroatoms. The van der Waals surface area contributed by atoms with E-state index in [2.05, 4.69) is 30.4 Å². The summed E-state index contributed by atoms with van der Waals surface area (Å²) in [6.07, 6.45) is 3.39. The summed E-state index contributed by atoms with van der Waals surface area (Å²) in [6.45, 7) is 6.48. The van der Waals surface area contributed by atoms with Gasteiger partial charge < -0.3 is 5.01 Å². The summed E-state index contributed by atoms with van der Waals surface area (Å²) in [7, 11) is 0. The van der Waals surface area contributed by atoms with Crippen LogP contribution in [0.5, 0.6) is 0 Å². The van der Waals surface area contributed by atoms with Gasteiger partial charge in [-0.2, -0.15) is 0 Å². The van der Waals surface area contributed by atoms with Gasteiger partial charge in [0.1, 0.15) is 0 Å². The number of rotatable bonds is 1. The monoisotopic (exact) mass is 126 g/mol. The smallest absolute Gasteiger partial charge is 0.0353 e. The molecule has 1 rings (SSSR count). The number of hydrazine groups is 1. The van der Waals surface area contributed by atoms with Gasteiger partial charge >= 0.3 is 0 Å². The second-order valence-electron chi connectivity index (χ2n) is 2.34. The van der Waals surface area contributed by atoms with E-state index in [1.165, 1.54) is 12.1 Å². The van der Waals surface area contributed by atoms with E-state index in [0.29, 0.717) is 0 Å². The Morgan fingerprint density at radius 1 is 1.67 bits per heavy atom. The SMILES string of the molecule is C/C=C(\C)N1CCCN1. The highest BCUT2D eigenvalue weighted by Crippen LogP contribution is 2.04. The van der Waals surface area contributed by atoms with Crippen LogP contribution in [0.1, 0.15) is 20.3 Å². The molecule has 1 fully saturated rings. The Hall–Kier alpha value is -0.500. The van der Waals surface area contributed by atoms with E-state index >= 15 is 0 Å². The van der Waals surface area contributed by atoms with Crippen LogP contribution in [0.3, 0.4) is 0 Å². The highest BCUT2D eigenvalue weighted by Gasteiger charge is 2.08. The molecule has 1 aliphatic heterocycles. The molecule has 0 spiro atoms. The van der Waals surface area contributed by atoms with Gasteiger partial charge in [0.05, 0.1) is 0 Å². The van der Waals surface area contributed by atoms with Crippen LogP contribution >= 0.6 is 0 Å². The normalized spacial score (nSPS) is 21.1. The Morgan fingerprint density at radius 3 is 2.89 bits per heavy atom. The molecule has 0 saturated carbocycles. The average Bonchev–Trinajstić information content (AvgIpc) is 2.37. The lowest BCUT2D eigenvalue weighted by Crippen LogP contribution is -2.28. The number of nitrogens with one attached hydrogen (secondary N) is 1. The van der Waals surface area contributed by atoms with Crippen molar-refractivity contribution in [1.29, 1.82) is 0 Å². The number of allylic oxidation sites excluding steroid dienone is 2. The Labute approximate surface area is 56.5 Å². The molecule has 0 amide bonds. The highest BCUT2D eigenvalue weighted by atomic mass is 15.5. The molecule has 0 aromatic rings. The maximum atomic E-state index is 3.27. The molecule has 1 saturated heterocycles. The van der Waals surface area contributed by atoms with Crippen LogP contribution in [0.2, 0.25) is 0 Å². The van der Waals surface area contributed by atoms with Gasteiger partial charge in [0.15, 0.2) is 0 Å². The van der Waals surface area contributed by atoms with E-state index in [-0.39, 0.29) is 0 Å². The van der Waals surface area contributed by atoms with Crippen LogP contribution in [0, 0.1) is 0 Å². The molecule has 1 aliphatic rings. The molecule has 1 N–H and O–H groups in total. The van der Waals surface area contributed by atoms with Crippen LogP contribution in [0.25, 0.3) is 0 Å². The maximum absolute atomic E-state index is 3.27. The summed E-state index contributed by atoms with van der Waals surface area (Å²) >= 11 is 0. The number of hydrogen-bond donors (Lipinski definition) is 1. The summed E-state index contributed by atoms with van der Waals surface area (Å²) in [5.41, 5.74) is 4.60. The van der Waals surface area contributed by atoms with Gasteiger partial charge in [-0.05, 0) is 20.3 Å². The zero-order valence-corrected chi connectivity index (χ0v) is 6.15. The van der Waals surface area contributed by atoms with Gasteiger partial charge in [-0.25, -0.2) is 5.43 Å². The third kappa shape index (κ3) is 1.45. The van der Waals surface area contributed by atoms with E-state index in [9.17, 15) is 0 Å². The molecule has 0 bridgehead atoms. The van der Waals surface area contributed by atoms with Crippen molar-refractivity contribution in [2.75, 3.05) is 13.1 Å². The topological polar surface area (TPSA) is 15.3 Å². The summed E-state index contributed by atoms with van der Waals surface area (Å²) in [5, 5.41) is 2.19. The lowest BCUT2D eigenvalue weighted by molar-refractivity contribution is 0.326. The van der Waals surface area contributed by atoms with Gasteiger partial charge in [-0.15, -0.1) is 0 Å². The fourth-order valence-electron chi connectivity index (χ4n) is 0.987. The molecule has 2 nitrogen and oxygen atoms in total. The van der Waals surface area contributed by atoms with E-state index in [4.69, 9.17) is 0 Å². The number of nitrogens with zero attached hydrogens (tertiary/aromatic N) is 1. The fourth-order valence-corrected chi connectivity index (χ4v) is 0.987. The zero-order chi connectivity index (χ0) is 6.69. The third-order valence-corrected chi connectivity index (χ3v) is 1.70. The maximum Gasteiger partial charge on any atom is 0.0353 e. The summed E-state index contributed by atoms with van der Waals surface area (Å²) in [6, 6.07) is 0. The van der Waals surface area contributed by atoms with Crippen LogP contribution in [-0.2, 0) is 0 Å². The van der Waals surface area contributed by atoms with Gasteiger partial charge in [0, 0.05) is 18.8 Å². The second-order valence-corrected chi connectivity index (χ2v) is 2.34. The molecular weight excluding hydrogens is 112 g/mol. The van der Waals surface area contributed by atoms with Crippen molar-refractivity contribution >= 4 is 0 Å². The summed E-state index contributed by atoms with van der Waals surface area (Å²) < 4.78 is 0. The van der Waals surface area contributed by atoms with Crippen molar-refractivity contribution in [3.8, 4) is 0 Å². The van der Waals surface area contributed by atoms with Crippen LogP contribution in [0.15, 0.2) is 11.8 Å². The molecule has 9 heavy (non-hydrogen) atoms. The Bertz CT molecular complexity index is 112. The van der Waals surface area contributed by atoms with E-state index < -0.39 is 0 Å². The van der Waals surface area contributed by atoms with Crippen LogP contribution < -0.4 is 5.43 Å². The van der Waals surface area contributed by atoms with Crippen molar-refractivity contribution in [2.45, 2.75) is 20.3 Å². The average molecular weight is 126 g/mol. The van der Waals surface area contributed by atoms with Gasteiger partial charge in [-0.3, -0.25) is 0 Å². The molecular formula is C7H14N2. The Balaban J connectivity index is 2.42. The highest BCUT2D eigenvalue weighted by molar-refractivity contribution is 4.94. The first-order chi connectivity index (χ1) is 4.34. The van der Waals surface area contributed by atoms with Gasteiger partial charge in [0.2, 0.25) is 0 Å². The number of hydrogen-bond acceptors (Lipinski definition) is 2. The largest absolute Gasteiger partial charge is 0.313 e. The van der Waals surface area contributed by atoms with Crippen LogP contribution in [0.4, 0.5) is 0 Å². The quantitative estimate of drug-likeness (QED) is 0.566. The standard InChI is InChI=1S/C7H14N2/c1-3-7(2)9-6-4-5-8-9/h3,8H,4-6H2,1-2H3/b7-3+. The molecule has 0 atom stereocenters.